The van der Waals surface area contributed by atoms with Crippen LogP contribution in [0.4, 0.5) is 0 Å². The lowest BCUT2D eigenvalue weighted by Crippen LogP contribution is -2.38. The van der Waals surface area contributed by atoms with E-state index in [4.69, 9.17) is 21.3 Å². The number of amides is 1. The van der Waals surface area contributed by atoms with Gasteiger partial charge in [-0.2, -0.15) is 0 Å². The van der Waals surface area contributed by atoms with E-state index in [0.717, 1.165) is 22.0 Å². The number of hydrogen-bond donors (Lipinski definition) is 1. The number of carbonyl (C=O) groups excluding carboxylic acids is 2. The quantitative estimate of drug-likeness (QED) is 0.495. The molecule has 0 aromatic heterocycles. The van der Waals surface area contributed by atoms with Crippen LogP contribution >= 0.6 is 23.4 Å². The zero-order chi connectivity index (χ0) is 24.2. The minimum atomic E-state index is -0.491. The zero-order valence-electron chi connectivity index (χ0n) is 19.2. The average molecular weight is 496 g/mol. The maximum absolute atomic E-state index is 13.0. The van der Waals surface area contributed by atoms with Crippen molar-refractivity contribution in [1.29, 1.82) is 0 Å². The molecule has 0 radical (unpaired) electrons. The predicted octanol–water partition coefficient (Wildman–Crippen LogP) is 5.75. The second-order valence-electron chi connectivity index (χ2n) is 8.03. The highest BCUT2D eigenvalue weighted by Gasteiger charge is 2.41. The Morgan fingerprint density at radius 2 is 1.97 bits per heavy atom. The molecular formula is C26H26ClN3O3S. The number of halogens is 1. The Balaban J connectivity index is 1.65. The Morgan fingerprint density at radius 3 is 2.65 bits per heavy atom. The molecule has 6 nitrogen and oxygen atoms in total. The number of allylic oxidation sites excluding steroid dienone is 1. The summed E-state index contributed by atoms with van der Waals surface area (Å²) in [5, 5.41) is 6.29. The van der Waals surface area contributed by atoms with Crippen LogP contribution in [0.1, 0.15) is 49.9 Å². The number of rotatable bonds is 7. The minimum Gasteiger partial charge on any atom is -0.466 e. The maximum atomic E-state index is 13.0. The van der Waals surface area contributed by atoms with Crippen molar-refractivity contribution in [3.05, 3.63) is 93.1 Å². The molecule has 2 aromatic rings. The summed E-state index contributed by atoms with van der Waals surface area (Å²) in [5.74, 6) is -0.554. The molecule has 8 heteroatoms. The third-order valence-corrected chi connectivity index (χ3v) is 6.94. The number of aliphatic imine (C=N–C) groups is 1. The number of carbonyl (C=O) groups is 2. The molecule has 1 N–H and O–H groups in total. The van der Waals surface area contributed by atoms with Gasteiger partial charge in [0.1, 0.15) is 0 Å². The van der Waals surface area contributed by atoms with E-state index in [-0.39, 0.29) is 18.4 Å². The first-order chi connectivity index (χ1) is 16.4. The third-order valence-electron chi connectivity index (χ3n) is 5.81. The van der Waals surface area contributed by atoms with Crippen LogP contribution in [-0.4, -0.2) is 29.1 Å². The van der Waals surface area contributed by atoms with Gasteiger partial charge in [0, 0.05) is 10.7 Å². The van der Waals surface area contributed by atoms with Crippen molar-refractivity contribution in [2.24, 2.45) is 4.99 Å². The maximum Gasteiger partial charge on any atom is 0.338 e. The molecule has 2 unspecified atom stereocenters. The van der Waals surface area contributed by atoms with E-state index in [1.165, 1.54) is 18.9 Å². The van der Waals surface area contributed by atoms with Gasteiger partial charge >= 0.3 is 5.97 Å². The fraction of sp³-hybridized carbons (Fsp3) is 0.269. The number of thioether (sulfide) groups is 1. The van der Waals surface area contributed by atoms with Crippen molar-refractivity contribution >= 4 is 40.4 Å². The van der Waals surface area contributed by atoms with E-state index in [2.05, 4.69) is 5.32 Å². The van der Waals surface area contributed by atoms with E-state index < -0.39 is 12.0 Å². The summed E-state index contributed by atoms with van der Waals surface area (Å²) >= 11 is 7.76. The van der Waals surface area contributed by atoms with Gasteiger partial charge in [-0.1, -0.05) is 72.8 Å². The van der Waals surface area contributed by atoms with Crippen LogP contribution in [0.5, 0.6) is 0 Å². The summed E-state index contributed by atoms with van der Waals surface area (Å²) in [6.45, 7) is 3.92. The van der Waals surface area contributed by atoms with Gasteiger partial charge in [0.15, 0.2) is 5.17 Å². The van der Waals surface area contributed by atoms with Gasteiger partial charge < -0.3 is 15.0 Å². The SMILES string of the molecule is CCC1=C(C(=O)OC)C(c2cccc(Cl)c2)N2C(CC(=O)NC(C)c3ccccc3)=CSC2=N1. The zero-order valence-corrected chi connectivity index (χ0v) is 20.8. The lowest BCUT2D eigenvalue weighted by molar-refractivity contribution is -0.136. The summed E-state index contributed by atoms with van der Waals surface area (Å²) in [7, 11) is 1.37. The monoisotopic (exact) mass is 495 g/mol. The molecule has 0 spiro atoms. The molecule has 0 aliphatic carbocycles. The van der Waals surface area contributed by atoms with Crippen LogP contribution in [0.15, 0.2) is 82.0 Å². The molecular weight excluding hydrogens is 470 g/mol. The number of benzene rings is 2. The molecule has 4 rings (SSSR count). The molecule has 2 aromatic carbocycles. The molecule has 2 heterocycles. The number of nitrogens with zero attached hydrogens (tertiary/aromatic N) is 2. The number of hydrogen-bond acceptors (Lipinski definition) is 6. The number of nitrogens with one attached hydrogen (secondary N) is 1. The van der Waals surface area contributed by atoms with Crippen molar-refractivity contribution in [3.8, 4) is 0 Å². The van der Waals surface area contributed by atoms with E-state index >= 15 is 0 Å². The second kappa shape index (κ2) is 10.5. The van der Waals surface area contributed by atoms with Crippen molar-refractivity contribution in [3.63, 3.8) is 0 Å². The van der Waals surface area contributed by atoms with Crippen molar-refractivity contribution in [2.45, 2.75) is 38.8 Å². The van der Waals surface area contributed by atoms with Crippen LogP contribution in [0, 0.1) is 0 Å². The normalized spacial score (nSPS) is 18.1. The van der Waals surface area contributed by atoms with Gasteiger partial charge in [-0.05, 0) is 42.0 Å². The van der Waals surface area contributed by atoms with Gasteiger partial charge in [-0.25, -0.2) is 9.79 Å². The first kappa shape index (κ1) is 24.1. The number of amidine groups is 1. The van der Waals surface area contributed by atoms with Gasteiger partial charge in [0.25, 0.3) is 0 Å². The summed E-state index contributed by atoms with van der Waals surface area (Å²) < 4.78 is 5.14. The molecule has 0 saturated heterocycles. The summed E-state index contributed by atoms with van der Waals surface area (Å²) in [4.78, 5) is 32.6. The average Bonchev–Trinajstić information content (AvgIpc) is 3.24. The van der Waals surface area contributed by atoms with Crippen LogP contribution in [0.25, 0.3) is 0 Å². The fourth-order valence-corrected chi connectivity index (χ4v) is 5.32. The highest BCUT2D eigenvalue weighted by Crippen LogP contribution is 2.45. The fourth-order valence-electron chi connectivity index (χ4n) is 4.19. The van der Waals surface area contributed by atoms with Crippen LogP contribution in [0.3, 0.4) is 0 Å². The van der Waals surface area contributed by atoms with Crippen LogP contribution in [-0.2, 0) is 14.3 Å². The highest BCUT2D eigenvalue weighted by atomic mass is 35.5. The summed E-state index contributed by atoms with van der Waals surface area (Å²) in [5.41, 5.74) is 3.77. The van der Waals surface area contributed by atoms with Crippen LogP contribution < -0.4 is 5.32 Å². The summed E-state index contributed by atoms with van der Waals surface area (Å²) in [6.07, 6.45) is 0.722. The lowest BCUT2D eigenvalue weighted by Gasteiger charge is -2.36. The molecule has 0 saturated carbocycles. The predicted molar refractivity (Wildman–Crippen MR) is 136 cm³/mol. The molecule has 2 atom stereocenters. The lowest BCUT2D eigenvalue weighted by atomic mass is 9.93. The van der Waals surface area contributed by atoms with E-state index in [0.29, 0.717) is 22.7 Å². The first-order valence-electron chi connectivity index (χ1n) is 11.1. The smallest absolute Gasteiger partial charge is 0.338 e. The largest absolute Gasteiger partial charge is 0.466 e. The minimum absolute atomic E-state index is 0.112. The molecule has 34 heavy (non-hydrogen) atoms. The number of esters is 1. The number of fused-ring (bicyclic) bond motifs is 1. The van der Waals surface area contributed by atoms with Crippen molar-refractivity contribution in [2.75, 3.05) is 7.11 Å². The molecule has 0 bridgehead atoms. The van der Waals surface area contributed by atoms with Crippen molar-refractivity contribution in [1.82, 2.24) is 10.2 Å². The molecule has 0 fully saturated rings. The van der Waals surface area contributed by atoms with Crippen LogP contribution in [0.2, 0.25) is 5.02 Å². The molecule has 2 aliphatic rings. The van der Waals surface area contributed by atoms with E-state index in [9.17, 15) is 9.59 Å². The van der Waals surface area contributed by atoms with Gasteiger partial charge in [-0.15, -0.1) is 0 Å². The Kier molecular flexibility index (Phi) is 7.44. The third kappa shape index (κ3) is 4.91. The second-order valence-corrected chi connectivity index (χ2v) is 9.30. The summed E-state index contributed by atoms with van der Waals surface area (Å²) in [6, 6.07) is 16.6. The van der Waals surface area contributed by atoms with Gasteiger partial charge in [0.2, 0.25) is 5.91 Å². The Morgan fingerprint density at radius 1 is 1.21 bits per heavy atom. The van der Waals surface area contributed by atoms with Gasteiger partial charge in [-0.3, -0.25) is 4.79 Å². The number of methoxy groups -OCH3 is 1. The standard InChI is InChI=1S/C26H26ClN3O3S/c1-4-21-23(25(32)33-3)24(18-11-8-12-19(27)13-18)30-20(15-34-26(30)29-21)14-22(31)28-16(2)17-9-6-5-7-10-17/h5-13,15-16,24H,4,14H2,1-3H3,(H,28,31). The highest BCUT2D eigenvalue weighted by molar-refractivity contribution is 8.16. The number of ether oxygens (including phenoxy) is 1. The molecule has 1 amide bonds. The first-order valence-corrected chi connectivity index (χ1v) is 12.3. The van der Waals surface area contributed by atoms with Gasteiger partial charge in [0.05, 0.1) is 36.9 Å². The van der Waals surface area contributed by atoms with E-state index in [1.54, 1.807) is 6.07 Å². The topological polar surface area (TPSA) is 71.0 Å². The van der Waals surface area contributed by atoms with E-state index in [1.807, 2.05) is 72.7 Å². The molecule has 2 aliphatic heterocycles. The molecule has 176 valence electrons. The Labute approximate surface area is 208 Å². The van der Waals surface area contributed by atoms with Crippen molar-refractivity contribution < 1.29 is 14.3 Å². The Hall–Kier alpha value is -3.03. The Bertz CT molecular complexity index is 1190.